The van der Waals surface area contributed by atoms with Gasteiger partial charge in [0.2, 0.25) is 0 Å². The number of nitrogens with zero attached hydrogens (tertiary/aromatic N) is 1. The molecule has 19 heavy (non-hydrogen) atoms. The Kier molecular flexibility index (Phi) is 3.83. The minimum absolute atomic E-state index is 0.0843. The van der Waals surface area contributed by atoms with Gasteiger partial charge in [-0.2, -0.15) is 0 Å². The van der Waals surface area contributed by atoms with Crippen LogP contribution < -0.4 is 0 Å². The van der Waals surface area contributed by atoms with Crippen LogP contribution in [0, 0.1) is 10.1 Å². The zero-order chi connectivity index (χ0) is 13.7. The van der Waals surface area contributed by atoms with Gasteiger partial charge in [0, 0.05) is 17.7 Å². The van der Waals surface area contributed by atoms with E-state index in [1.165, 1.54) is 24.3 Å². The quantitative estimate of drug-likeness (QED) is 0.362. The van der Waals surface area contributed by atoms with Gasteiger partial charge in [0.1, 0.15) is 0 Å². The van der Waals surface area contributed by atoms with Crippen LogP contribution in [0.15, 0.2) is 60.7 Å². The first-order chi connectivity index (χ1) is 9.16. The highest BCUT2D eigenvalue weighted by Crippen LogP contribution is 2.14. The SMILES string of the molecule is O=C(/C=C/c1ccccc1)c1cccc([N+](=O)[O-])c1. The maximum Gasteiger partial charge on any atom is 0.270 e. The molecule has 0 fully saturated rings. The van der Waals surface area contributed by atoms with Gasteiger partial charge in [0.15, 0.2) is 5.78 Å². The van der Waals surface area contributed by atoms with Crippen LogP contribution in [0.2, 0.25) is 0 Å². The van der Waals surface area contributed by atoms with E-state index in [0.717, 1.165) is 5.56 Å². The van der Waals surface area contributed by atoms with Gasteiger partial charge < -0.3 is 0 Å². The second-order valence-corrected chi connectivity index (χ2v) is 3.92. The van der Waals surface area contributed by atoms with E-state index in [9.17, 15) is 14.9 Å². The first kappa shape index (κ1) is 12.7. The van der Waals surface area contributed by atoms with Gasteiger partial charge in [-0.15, -0.1) is 0 Å². The predicted molar refractivity (Wildman–Crippen MR) is 72.9 cm³/mol. The van der Waals surface area contributed by atoms with Crippen molar-refractivity contribution in [3.05, 3.63) is 81.9 Å². The molecule has 2 rings (SSSR count). The van der Waals surface area contributed by atoms with E-state index in [0.29, 0.717) is 5.56 Å². The third-order valence-electron chi connectivity index (χ3n) is 2.57. The molecule has 2 aromatic rings. The Morgan fingerprint density at radius 3 is 2.47 bits per heavy atom. The molecule has 0 amide bonds. The molecule has 2 aromatic carbocycles. The van der Waals surface area contributed by atoms with Crippen molar-refractivity contribution in [3.8, 4) is 0 Å². The molecule has 0 saturated heterocycles. The zero-order valence-corrected chi connectivity index (χ0v) is 10.0. The molecular weight excluding hydrogens is 242 g/mol. The van der Waals surface area contributed by atoms with Gasteiger partial charge >= 0.3 is 0 Å². The smallest absolute Gasteiger partial charge is 0.270 e. The van der Waals surface area contributed by atoms with Crippen molar-refractivity contribution in [1.82, 2.24) is 0 Å². The number of non-ortho nitro benzene ring substituents is 1. The summed E-state index contributed by atoms with van der Waals surface area (Å²) in [7, 11) is 0. The fraction of sp³-hybridized carbons (Fsp3) is 0. The number of carbonyl (C=O) groups is 1. The Morgan fingerprint density at radius 2 is 1.79 bits per heavy atom. The van der Waals surface area contributed by atoms with Gasteiger partial charge in [-0.05, 0) is 11.6 Å². The van der Waals surface area contributed by atoms with Crippen LogP contribution in [-0.4, -0.2) is 10.7 Å². The Balaban J connectivity index is 2.18. The van der Waals surface area contributed by atoms with E-state index in [2.05, 4.69) is 0 Å². The molecule has 0 atom stereocenters. The number of hydrogen-bond donors (Lipinski definition) is 0. The standard InChI is InChI=1S/C15H11NO3/c17-15(10-9-12-5-2-1-3-6-12)13-7-4-8-14(11-13)16(18)19/h1-11H/b10-9+. The molecule has 0 aliphatic rings. The number of nitro benzene ring substituents is 1. The molecule has 0 aliphatic carbocycles. The van der Waals surface area contributed by atoms with Crippen molar-refractivity contribution >= 4 is 17.5 Å². The molecule has 0 heterocycles. The zero-order valence-electron chi connectivity index (χ0n) is 10.0. The Bertz CT molecular complexity index is 633. The maximum atomic E-state index is 11.9. The van der Waals surface area contributed by atoms with Crippen LogP contribution in [0.25, 0.3) is 6.08 Å². The summed E-state index contributed by atoms with van der Waals surface area (Å²) >= 11 is 0. The third kappa shape index (κ3) is 3.35. The average molecular weight is 253 g/mol. The van der Waals surface area contributed by atoms with E-state index in [1.807, 2.05) is 30.3 Å². The van der Waals surface area contributed by atoms with Crippen molar-refractivity contribution in [1.29, 1.82) is 0 Å². The summed E-state index contributed by atoms with van der Waals surface area (Å²) in [5.41, 5.74) is 1.13. The predicted octanol–water partition coefficient (Wildman–Crippen LogP) is 3.49. The number of benzene rings is 2. The molecule has 0 radical (unpaired) electrons. The largest absolute Gasteiger partial charge is 0.289 e. The lowest BCUT2D eigenvalue weighted by molar-refractivity contribution is -0.384. The van der Waals surface area contributed by atoms with Crippen molar-refractivity contribution in [3.63, 3.8) is 0 Å². The van der Waals surface area contributed by atoms with Gasteiger partial charge in [-0.1, -0.05) is 48.5 Å². The fourth-order valence-electron chi connectivity index (χ4n) is 1.61. The summed E-state index contributed by atoms with van der Waals surface area (Å²) in [6, 6.07) is 15.1. The van der Waals surface area contributed by atoms with Crippen molar-refractivity contribution in [2.75, 3.05) is 0 Å². The van der Waals surface area contributed by atoms with E-state index in [4.69, 9.17) is 0 Å². The number of nitro groups is 1. The summed E-state index contributed by atoms with van der Waals surface area (Å²) in [4.78, 5) is 22.0. The Morgan fingerprint density at radius 1 is 1.05 bits per heavy atom. The fourth-order valence-corrected chi connectivity index (χ4v) is 1.61. The summed E-state index contributed by atoms with van der Waals surface area (Å²) in [6.45, 7) is 0. The molecule has 0 spiro atoms. The van der Waals surface area contributed by atoms with E-state index >= 15 is 0 Å². The highest BCUT2D eigenvalue weighted by molar-refractivity contribution is 6.07. The number of hydrogen-bond acceptors (Lipinski definition) is 3. The summed E-state index contributed by atoms with van der Waals surface area (Å²) in [5, 5.41) is 10.6. The van der Waals surface area contributed by atoms with Crippen LogP contribution >= 0.6 is 0 Å². The Labute approximate surface area is 110 Å². The normalized spacial score (nSPS) is 10.5. The molecular formula is C15H11NO3. The molecule has 0 saturated carbocycles. The highest BCUT2D eigenvalue weighted by atomic mass is 16.6. The minimum atomic E-state index is -0.516. The highest BCUT2D eigenvalue weighted by Gasteiger charge is 2.08. The molecule has 94 valence electrons. The van der Waals surface area contributed by atoms with Gasteiger partial charge in [-0.3, -0.25) is 14.9 Å². The van der Waals surface area contributed by atoms with Gasteiger partial charge in [-0.25, -0.2) is 0 Å². The molecule has 0 aliphatic heterocycles. The van der Waals surface area contributed by atoms with Crippen LogP contribution in [0.3, 0.4) is 0 Å². The summed E-state index contributed by atoms with van der Waals surface area (Å²) < 4.78 is 0. The molecule has 0 aromatic heterocycles. The monoisotopic (exact) mass is 253 g/mol. The van der Waals surface area contributed by atoms with Crippen LogP contribution in [-0.2, 0) is 0 Å². The molecule has 4 nitrogen and oxygen atoms in total. The van der Waals surface area contributed by atoms with Crippen LogP contribution in [0.4, 0.5) is 5.69 Å². The first-order valence-electron chi connectivity index (χ1n) is 5.69. The lowest BCUT2D eigenvalue weighted by Crippen LogP contribution is -1.96. The Hall–Kier alpha value is -2.75. The number of allylic oxidation sites excluding steroid dienone is 1. The lowest BCUT2D eigenvalue weighted by atomic mass is 10.1. The topological polar surface area (TPSA) is 60.2 Å². The molecule has 4 heteroatoms. The van der Waals surface area contributed by atoms with Crippen molar-refractivity contribution in [2.45, 2.75) is 0 Å². The molecule has 0 bridgehead atoms. The van der Waals surface area contributed by atoms with Crippen LogP contribution in [0.1, 0.15) is 15.9 Å². The van der Waals surface area contributed by atoms with Gasteiger partial charge in [0.25, 0.3) is 5.69 Å². The maximum absolute atomic E-state index is 11.9. The summed E-state index contributed by atoms with van der Waals surface area (Å²) in [6.07, 6.45) is 3.09. The van der Waals surface area contributed by atoms with E-state index in [-0.39, 0.29) is 11.5 Å². The van der Waals surface area contributed by atoms with Crippen molar-refractivity contribution < 1.29 is 9.72 Å². The molecule has 0 N–H and O–H groups in total. The second-order valence-electron chi connectivity index (χ2n) is 3.92. The lowest BCUT2D eigenvalue weighted by Gasteiger charge is -1.96. The van der Waals surface area contributed by atoms with E-state index < -0.39 is 4.92 Å². The third-order valence-corrected chi connectivity index (χ3v) is 2.57. The van der Waals surface area contributed by atoms with Gasteiger partial charge in [0.05, 0.1) is 4.92 Å². The first-order valence-corrected chi connectivity index (χ1v) is 5.69. The second kappa shape index (κ2) is 5.73. The van der Waals surface area contributed by atoms with Crippen LogP contribution in [0.5, 0.6) is 0 Å². The molecule has 0 unspecified atom stereocenters. The average Bonchev–Trinajstić information content (AvgIpc) is 2.46. The number of ketones is 1. The number of rotatable bonds is 4. The summed E-state index contributed by atoms with van der Waals surface area (Å²) in [5.74, 6) is -0.257. The minimum Gasteiger partial charge on any atom is -0.289 e. The van der Waals surface area contributed by atoms with Crippen molar-refractivity contribution in [2.24, 2.45) is 0 Å². The number of carbonyl (C=O) groups excluding carboxylic acids is 1. The van der Waals surface area contributed by atoms with E-state index in [1.54, 1.807) is 12.1 Å².